The number of fused-ring (bicyclic) bond motifs is 3. The Labute approximate surface area is 131 Å². The lowest BCUT2D eigenvalue weighted by Gasteiger charge is -2.41. The van der Waals surface area contributed by atoms with E-state index in [9.17, 15) is 0 Å². The Bertz CT molecular complexity index is 686. The SMILES string of the molecule is CN(C)CC1=C(c2ccc3ccsc3c2)C2CCC1CC2. The Morgan fingerprint density at radius 2 is 1.81 bits per heavy atom. The van der Waals surface area contributed by atoms with Crippen molar-refractivity contribution in [2.45, 2.75) is 25.7 Å². The van der Waals surface area contributed by atoms with Crippen molar-refractivity contribution in [3.05, 3.63) is 40.8 Å². The fourth-order valence-corrected chi connectivity index (χ4v) is 5.14. The largest absolute Gasteiger partial charge is 0.305 e. The molecule has 3 aliphatic carbocycles. The van der Waals surface area contributed by atoms with Crippen molar-refractivity contribution in [2.24, 2.45) is 11.8 Å². The van der Waals surface area contributed by atoms with E-state index in [-0.39, 0.29) is 0 Å². The minimum Gasteiger partial charge on any atom is -0.305 e. The Balaban J connectivity index is 1.84. The monoisotopic (exact) mass is 297 g/mol. The third-order valence-electron chi connectivity index (χ3n) is 5.23. The average molecular weight is 297 g/mol. The molecule has 5 rings (SSSR count). The summed E-state index contributed by atoms with van der Waals surface area (Å²) < 4.78 is 1.44. The van der Waals surface area contributed by atoms with E-state index < -0.39 is 0 Å². The van der Waals surface area contributed by atoms with Gasteiger partial charge in [0, 0.05) is 11.2 Å². The first-order valence-corrected chi connectivity index (χ1v) is 8.95. The van der Waals surface area contributed by atoms with Crippen molar-refractivity contribution in [3.8, 4) is 0 Å². The quantitative estimate of drug-likeness (QED) is 0.767. The molecular formula is C19H23NS. The van der Waals surface area contributed by atoms with E-state index in [1.807, 2.05) is 11.3 Å². The molecule has 1 aromatic carbocycles. The maximum Gasteiger partial charge on any atom is 0.0348 e. The Hall–Kier alpha value is -1.12. The summed E-state index contributed by atoms with van der Waals surface area (Å²) in [6.07, 6.45) is 5.63. The zero-order valence-electron chi connectivity index (χ0n) is 12.9. The third-order valence-corrected chi connectivity index (χ3v) is 6.11. The zero-order chi connectivity index (χ0) is 14.4. The summed E-state index contributed by atoms with van der Waals surface area (Å²) in [4.78, 5) is 2.35. The highest BCUT2D eigenvalue weighted by atomic mass is 32.1. The lowest BCUT2D eigenvalue weighted by Crippen LogP contribution is -2.31. The molecule has 2 aromatic rings. The molecule has 0 atom stereocenters. The van der Waals surface area contributed by atoms with Gasteiger partial charge in [-0.2, -0.15) is 0 Å². The van der Waals surface area contributed by atoms with Gasteiger partial charge in [0.15, 0.2) is 0 Å². The Morgan fingerprint density at radius 1 is 1.05 bits per heavy atom. The van der Waals surface area contributed by atoms with Crippen LogP contribution in [0.25, 0.3) is 15.7 Å². The van der Waals surface area contributed by atoms with Gasteiger partial charge < -0.3 is 4.90 Å². The van der Waals surface area contributed by atoms with Crippen LogP contribution in [0, 0.1) is 11.8 Å². The van der Waals surface area contributed by atoms with Gasteiger partial charge in [0.2, 0.25) is 0 Å². The minimum absolute atomic E-state index is 0.808. The maximum atomic E-state index is 2.44. The molecule has 3 aliphatic rings. The van der Waals surface area contributed by atoms with Crippen molar-refractivity contribution in [1.82, 2.24) is 4.90 Å². The minimum atomic E-state index is 0.808. The molecule has 0 amide bonds. The summed E-state index contributed by atoms with van der Waals surface area (Å²) in [7, 11) is 4.41. The second-order valence-corrected chi connectivity index (χ2v) is 7.85. The van der Waals surface area contributed by atoms with Gasteiger partial charge in [-0.25, -0.2) is 0 Å². The molecule has 0 unspecified atom stereocenters. The number of thiophene rings is 1. The summed E-state index contributed by atoms with van der Waals surface area (Å²) in [5.74, 6) is 1.65. The fraction of sp³-hybridized carbons (Fsp3) is 0.474. The lowest BCUT2D eigenvalue weighted by atomic mass is 9.65. The zero-order valence-corrected chi connectivity index (χ0v) is 13.7. The first-order valence-electron chi connectivity index (χ1n) is 8.07. The predicted octanol–water partition coefficient (Wildman–Crippen LogP) is 5.04. The molecule has 2 heteroatoms. The summed E-state index contributed by atoms with van der Waals surface area (Å²) in [5, 5.41) is 3.59. The molecule has 1 heterocycles. The molecule has 1 saturated carbocycles. The van der Waals surface area contributed by atoms with Gasteiger partial charge in [0.1, 0.15) is 0 Å². The van der Waals surface area contributed by atoms with Crippen molar-refractivity contribution >= 4 is 27.0 Å². The second kappa shape index (κ2) is 5.26. The molecule has 2 bridgehead atoms. The second-order valence-electron chi connectivity index (χ2n) is 6.90. The van der Waals surface area contributed by atoms with Crippen LogP contribution < -0.4 is 0 Å². The van der Waals surface area contributed by atoms with Gasteiger partial charge in [0.05, 0.1) is 0 Å². The highest BCUT2D eigenvalue weighted by Gasteiger charge is 2.35. The van der Waals surface area contributed by atoms with E-state index in [1.54, 1.807) is 11.1 Å². The average Bonchev–Trinajstić information content (AvgIpc) is 2.95. The van der Waals surface area contributed by atoms with Crippen LogP contribution in [0.3, 0.4) is 0 Å². The van der Waals surface area contributed by atoms with Gasteiger partial charge in [-0.1, -0.05) is 12.1 Å². The van der Waals surface area contributed by atoms with E-state index >= 15 is 0 Å². The molecule has 21 heavy (non-hydrogen) atoms. The molecule has 0 saturated heterocycles. The van der Waals surface area contributed by atoms with E-state index in [2.05, 4.69) is 48.6 Å². The number of benzene rings is 1. The van der Waals surface area contributed by atoms with Crippen LogP contribution >= 0.6 is 11.3 Å². The van der Waals surface area contributed by atoms with Gasteiger partial charge in [-0.3, -0.25) is 0 Å². The summed E-state index contributed by atoms with van der Waals surface area (Å²) in [6, 6.07) is 9.34. The highest BCUT2D eigenvalue weighted by molar-refractivity contribution is 7.17. The normalized spacial score (nSPS) is 25.3. The summed E-state index contributed by atoms with van der Waals surface area (Å²) >= 11 is 1.87. The van der Waals surface area contributed by atoms with Crippen LogP contribution in [0.4, 0.5) is 0 Å². The summed E-state index contributed by atoms with van der Waals surface area (Å²) in [5.41, 5.74) is 4.93. The van der Waals surface area contributed by atoms with E-state index in [0.717, 1.165) is 18.4 Å². The Kier molecular flexibility index (Phi) is 3.39. The van der Waals surface area contributed by atoms with Crippen LogP contribution in [0.15, 0.2) is 35.2 Å². The van der Waals surface area contributed by atoms with Crippen molar-refractivity contribution < 1.29 is 0 Å². The molecule has 1 fully saturated rings. The van der Waals surface area contributed by atoms with Crippen molar-refractivity contribution in [3.63, 3.8) is 0 Å². The molecule has 0 N–H and O–H groups in total. The van der Waals surface area contributed by atoms with Gasteiger partial charge in [-0.15, -0.1) is 11.3 Å². The van der Waals surface area contributed by atoms with Crippen molar-refractivity contribution in [2.75, 3.05) is 20.6 Å². The van der Waals surface area contributed by atoms with E-state index in [0.29, 0.717) is 0 Å². The van der Waals surface area contributed by atoms with Crippen LogP contribution in [0.2, 0.25) is 0 Å². The first kappa shape index (κ1) is 13.5. The number of allylic oxidation sites excluding steroid dienone is 1. The lowest BCUT2D eigenvalue weighted by molar-refractivity contribution is 0.299. The van der Waals surface area contributed by atoms with Gasteiger partial charge in [-0.05, 0) is 91.2 Å². The third kappa shape index (κ3) is 2.35. The van der Waals surface area contributed by atoms with Crippen LogP contribution in [0.1, 0.15) is 31.2 Å². The molecule has 110 valence electrons. The maximum absolute atomic E-state index is 2.44. The molecule has 1 nitrogen and oxygen atoms in total. The number of nitrogens with zero attached hydrogens (tertiary/aromatic N) is 1. The number of hydrogen-bond acceptors (Lipinski definition) is 2. The Morgan fingerprint density at radius 3 is 2.57 bits per heavy atom. The fourth-order valence-electron chi connectivity index (χ4n) is 4.31. The van der Waals surface area contributed by atoms with Crippen LogP contribution in [-0.2, 0) is 0 Å². The van der Waals surface area contributed by atoms with Crippen molar-refractivity contribution in [1.29, 1.82) is 0 Å². The van der Waals surface area contributed by atoms with Gasteiger partial charge in [0.25, 0.3) is 0 Å². The number of hydrogen-bond donors (Lipinski definition) is 0. The molecular weight excluding hydrogens is 274 g/mol. The van der Waals surface area contributed by atoms with Gasteiger partial charge >= 0.3 is 0 Å². The molecule has 1 aromatic heterocycles. The predicted molar refractivity (Wildman–Crippen MR) is 92.7 cm³/mol. The molecule has 0 radical (unpaired) electrons. The smallest absolute Gasteiger partial charge is 0.0348 e. The number of rotatable bonds is 3. The number of likely N-dealkylation sites (N-methyl/N-ethyl adjacent to an activating group) is 1. The first-order chi connectivity index (χ1) is 10.2. The molecule has 0 aliphatic heterocycles. The van der Waals surface area contributed by atoms with Crippen LogP contribution in [-0.4, -0.2) is 25.5 Å². The summed E-state index contributed by atoms with van der Waals surface area (Å²) in [6.45, 7) is 1.14. The molecule has 0 spiro atoms. The van der Waals surface area contributed by atoms with E-state index in [4.69, 9.17) is 0 Å². The highest BCUT2D eigenvalue weighted by Crippen LogP contribution is 2.49. The topological polar surface area (TPSA) is 3.24 Å². The standard InChI is InChI=1S/C19H23NS/c1-20(2)12-17-13-3-6-15(7-4-13)19(17)16-8-5-14-9-10-21-18(14)11-16/h5,8-11,13,15H,3-4,6-7,12H2,1-2H3. The van der Waals surface area contributed by atoms with Crippen LogP contribution in [0.5, 0.6) is 0 Å². The van der Waals surface area contributed by atoms with E-state index in [1.165, 1.54) is 41.3 Å².